The minimum Gasteiger partial charge on any atom is -0.452 e. The molecule has 0 radical (unpaired) electrons. The summed E-state index contributed by atoms with van der Waals surface area (Å²) in [5, 5.41) is 0. The minimum atomic E-state index is -0.816. The lowest BCUT2D eigenvalue weighted by Crippen LogP contribution is -2.60. The molecule has 224 valence electrons. The lowest BCUT2D eigenvalue weighted by molar-refractivity contribution is -0.240. The largest absolute Gasteiger partial charge is 0.452 e. The fourth-order valence-corrected chi connectivity index (χ4v) is 5.86. The number of esters is 1. The molecule has 0 unspecified atom stereocenters. The molecule has 1 fully saturated rings. The molecule has 1 aliphatic heterocycles. The van der Waals surface area contributed by atoms with Crippen molar-refractivity contribution in [2.24, 2.45) is 0 Å². The smallest absolute Gasteiger partial charge is 0.357 e. The number of carbonyl (C=O) groups excluding carboxylic acids is 1. The van der Waals surface area contributed by atoms with Crippen LogP contribution in [0.5, 0.6) is 0 Å². The van der Waals surface area contributed by atoms with E-state index in [1.165, 1.54) is 0 Å². The average molecular weight is 600 g/mol. The molecule has 0 N–H and O–H groups in total. The second kappa shape index (κ2) is 16.4. The molecule has 0 amide bonds. The summed E-state index contributed by atoms with van der Waals surface area (Å²) < 4.78 is 32.1. The third-order valence-corrected chi connectivity index (χ3v) is 8.04. The maximum absolute atomic E-state index is 13.4. The molecule has 43 heavy (non-hydrogen) atoms. The Morgan fingerprint density at radius 3 is 1.84 bits per heavy atom. The first kappa shape index (κ1) is 30.9. The zero-order valence-corrected chi connectivity index (χ0v) is 25.0. The van der Waals surface area contributed by atoms with E-state index in [0.717, 1.165) is 22.4 Å². The monoisotopic (exact) mass is 599 g/mol. The molecular formula is C35H37NO6S. The molecule has 0 aliphatic carbocycles. The van der Waals surface area contributed by atoms with Crippen molar-refractivity contribution in [2.75, 3.05) is 12.4 Å². The highest BCUT2D eigenvalue weighted by Crippen LogP contribution is 2.35. The van der Waals surface area contributed by atoms with Gasteiger partial charge in [0.2, 0.25) is 0 Å². The number of rotatable bonds is 14. The summed E-state index contributed by atoms with van der Waals surface area (Å²) in [7, 11) is 0. The average Bonchev–Trinajstić information content (AvgIpc) is 3.06. The summed E-state index contributed by atoms with van der Waals surface area (Å²) in [6, 6.07) is 35.0. The second-order valence-electron chi connectivity index (χ2n) is 10.1. The van der Waals surface area contributed by atoms with Crippen LogP contribution in [0, 0.1) is 0 Å². The predicted molar refractivity (Wildman–Crippen MR) is 166 cm³/mol. The molecule has 5 rings (SSSR count). The van der Waals surface area contributed by atoms with Gasteiger partial charge in [0.15, 0.2) is 6.10 Å². The molecular weight excluding hydrogens is 562 g/mol. The molecule has 0 bridgehead atoms. The second-order valence-corrected chi connectivity index (χ2v) is 11.5. The van der Waals surface area contributed by atoms with Crippen LogP contribution in [0.25, 0.3) is 0 Å². The topological polar surface area (TPSA) is 76.1 Å². The van der Waals surface area contributed by atoms with Gasteiger partial charge >= 0.3 is 5.97 Å². The Balaban J connectivity index is 1.43. The van der Waals surface area contributed by atoms with Gasteiger partial charge in [-0.1, -0.05) is 104 Å². The van der Waals surface area contributed by atoms with Crippen LogP contribution in [0.1, 0.15) is 34.1 Å². The van der Waals surface area contributed by atoms with Gasteiger partial charge in [0.1, 0.15) is 29.4 Å². The Labute approximate surface area is 257 Å². The van der Waals surface area contributed by atoms with Crippen LogP contribution in [0.15, 0.2) is 115 Å². The first-order valence-electron chi connectivity index (χ1n) is 14.5. The van der Waals surface area contributed by atoms with Gasteiger partial charge in [0, 0.05) is 6.20 Å². The number of aromatic nitrogens is 1. The summed E-state index contributed by atoms with van der Waals surface area (Å²) in [6.07, 6.45) is -1.01. The van der Waals surface area contributed by atoms with Crippen molar-refractivity contribution >= 4 is 17.7 Å². The van der Waals surface area contributed by atoms with Crippen LogP contribution in [0.3, 0.4) is 0 Å². The highest BCUT2D eigenvalue weighted by atomic mass is 32.2. The zero-order chi connectivity index (χ0) is 29.7. The number of nitrogens with zero attached hydrogens (tertiary/aromatic N) is 1. The van der Waals surface area contributed by atoms with Crippen molar-refractivity contribution in [3.63, 3.8) is 0 Å². The Hall–Kier alpha value is -3.53. The van der Waals surface area contributed by atoms with Gasteiger partial charge in [-0.2, -0.15) is 0 Å². The molecule has 5 atom stereocenters. The molecule has 4 aromatic rings. The van der Waals surface area contributed by atoms with Crippen LogP contribution in [-0.4, -0.2) is 53.2 Å². The Bertz CT molecular complexity index is 1360. The first-order chi connectivity index (χ1) is 21.2. The maximum atomic E-state index is 13.4. The van der Waals surface area contributed by atoms with Crippen molar-refractivity contribution in [3.05, 3.63) is 138 Å². The highest BCUT2D eigenvalue weighted by molar-refractivity contribution is 7.99. The van der Waals surface area contributed by atoms with Crippen LogP contribution in [-0.2, 0) is 43.5 Å². The van der Waals surface area contributed by atoms with E-state index in [4.69, 9.17) is 23.7 Å². The van der Waals surface area contributed by atoms with Gasteiger partial charge in [-0.05, 0) is 34.6 Å². The van der Waals surface area contributed by atoms with Crippen LogP contribution in [0.4, 0.5) is 0 Å². The molecule has 2 heterocycles. The van der Waals surface area contributed by atoms with Gasteiger partial charge in [-0.25, -0.2) is 9.78 Å². The van der Waals surface area contributed by atoms with Crippen LogP contribution >= 0.6 is 11.8 Å². The van der Waals surface area contributed by atoms with Gasteiger partial charge in [0.05, 0.1) is 26.4 Å². The van der Waals surface area contributed by atoms with E-state index >= 15 is 0 Å². The number of ether oxygens (including phenoxy) is 5. The van der Waals surface area contributed by atoms with E-state index in [2.05, 4.69) is 11.9 Å². The summed E-state index contributed by atoms with van der Waals surface area (Å²) >= 11 is 1.64. The van der Waals surface area contributed by atoms with E-state index < -0.39 is 30.4 Å². The summed E-state index contributed by atoms with van der Waals surface area (Å²) in [6.45, 7) is 3.35. The normalized spacial score (nSPS) is 21.7. The molecule has 0 spiro atoms. The number of carbonyl (C=O) groups is 1. The van der Waals surface area contributed by atoms with Gasteiger partial charge in [-0.3, -0.25) is 0 Å². The SMILES string of the molecule is CCS[C@@H]1O[C@H](COCc2ccccc2)[C@@H](OC(=O)c2ccccn2)[C@H](OCc2ccccc2)[C@H]1OCc1ccccc1. The minimum absolute atomic E-state index is 0.201. The van der Waals surface area contributed by atoms with Crippen molar-refractivity contribution in [1.82, 2.24) is 4.98 Å². The van der Waals surface area contributed by atoms with E-state index in [1.54, 1.807) is 36.2 Å². The third kappa shape index (κ3) is 8.98. The van der Waals surface area contributed by atoms with E-state index in [1.807, 2.05) is 91.0 Å². The lowest BCUT2D eigenvalue weighted by atomic mass is 9.99. The van der Waals surface area contributed by atoms with Crippen molar-refractivity contribution in [3.8, 4) is 0 Å². The van der Waals surface area contributed by atoms with Crippen LogP contribution in [0.2, 0.25) is 0 Å². The van der Waals surface area contributed by atoms with E-state index in [0.29, 0.717) is 19.8 Å². The van der Waals surface area contributed by atoms with Crippen LogP contribution < -0.4 is 0 Å². The fraction of sp³-hybridized carbons (Fsp3) is 0.314. The quantitative estimate of drug-likeness (QED) is 0.153. The number of benzene rings is 3. The summed E-state index contributed by atoms with van der Waals surface area (Å²) in [5.74, 6) is 0.246. The third-order valence-electron chi connectivity index (χ3n) is 7.00. The number of thioether (sulfide) groups is 1. The van der Waals surface area contributed by atoms with Crippen molar-refractivity contribution < 1.29 is 28.5 Å². The van der Waals surface area contributed by atoms with Gasteiger partial charge in [0.25, 0.3) is 0 Å². The lowest BCUT2D eigenvalue weighted by Gasteiger charge is -2.45. The molecule has 3 aromatic carbocycles. The molecule has 8 heteroatoms. The Kier molecular flexibility index (Phi) is 11.8. The van der Waals surface area contributed by atoms with E-state index in [-0.39, 0.29) is 17.7 Å². The Morgan fingerprint density at radius 2 is 1.28 bits per heavy atom. The first-order valence-corrected chi connectivity index (χ1v) is 15.6. The number of hydrogen-bond donors (Lipinski definition) is 0. The number of pyridine rings is 1. The predicted octanol–water partition coefficient (Wildman–Crippen LogP) is 6.47. The standard InChI is InChI=1S/C35H37NO6S/c1-2-43-35-33(40-24-28-18-10-5-11-19-28)32(39-23-27-16-8-4-9-17-27)31(42-34(37)29-20-12-13-21-36-29)30(41-35)25-38-22-26-14-6-3-7-15-26/h3-21,30-33,35H,2,22-25H2,1H3/t30-,31-,32+,33-,35+/m1/s1. The van der Waals surface area contributed by atoms with Gasteiger partial charge in [-0.15, -0.1) is 11.8 Å². The maximum Gasteiger partial charge on any atom is 0.357 e. The zero-order valence-electron chi connectivity index (χ0n) is 24.2. The summed E-state index contributed by atoms with van der Waals surface area (Å²) in [5.41, 5.74) is 2.91. The molecule has 1 aliphatic rings. The van der Waals surface area contributed by atoms with Crippen molar-refractivity contribution in [2.45, 2.75) is 56.6 Å². The molecule has 1 aromatic heterocycles. The molecule has 7 nitrogen and oxygen atoms in total. The van der Waals surface area contributed by atoms with E-state index in [9.17, 15) is 4.79 Å². The fourth-order valence-electron chi connectivity index (χ4n) is 4.89. The Morgan fingerprint density at radius 1 is 0.721 bits per heavy atom. The summed E-state index contributed by atoms with van der Waals surface area (Å²) in [4.78, 5) is 17.6. The molecule has 1 saturated heterocycles. The number of hydrogen-bond acceptors (Lipinski definition) is 8. The van der Waals surface area contributed by atoms with Gasteiger partial charge < -0.3 is 23.7 Å². The van der Waals surface area contributed by atoms with Crippen molar-refractivity contribution in [1.29, 1.82) is 0 Å². The highest BCUT2D eigenvalue weighted by Gasteiger charge is 2.50. The molecule has 0 saturated carbocycles.